The zero-order chi connectivity index (χ0) is 15.3. The fraction of sp³-hybridized carbons (Fsp3) is 0.467. The first-order valence-corrected chi connectivity index (χ1v) is 7.91. The van der Waals surface area contributed by atoms with Crippen LogP contribution in [0.15, 0.2) is 29.9 Å². The minimum Gasteiger partial charge on any atom is -0.350 e. The van der Waals surface area contributed by atoms with Crippen LogP contribution in [0.1, 0.15) is 36.0 Å². The van der Waals surface area contributed by atoms with Crippen LogP contribution in [0.5, 0.6) is 0 Å². The van der Waals surface area contributed by atoms with Crippen molar-refractivity contribution in [3.05, 3.63) is 40.3 Å². The lowest BCUT2D eigenvalue weighted by Crippen LogP contribution is -2.31. The van der Waals surface area contributed by atoms with Crippen molar-refractivity contribution in [2.75, 3.05) is 13.1 Å². The van der Waals surface area contributed by atoms with Crippen molar-refractivity contribution in [3.8, 4) is 0 Å². The normalized spacial score (nSPS) is 11.6. The molecular weight excluding hydrogens is 284 g/mol. The summed E-state index contributed by atoms with van der Waals surface area (Å²) in [6, 6.07) is 3.71. The number of nitrogens with one attached hydrogen (secondary N) is 2. The van der Waals surface area contributed by atoms with E-state index in [-0.39, 0.29) is 11.4 Å². The first-order chi connectivity index (χ1) is 9.97. The number of carbonyl (C=O) groups is 1. The molecule has 2 rings (SSSR count). The zero-order valence-corrected chi connectivity index (χ0v) is 13.5. The maximum atomic E-state index is 11.7. The van der Waals surface area contributed by atoms with Gasteiger partial charge in [-0.05, 0) is 32.2 Å². The van der Waals surface area contributed by atoms with Crippen LogP contribution in [0.3, 0.4) is 0 Å². The molecule has 0 aromatic carbocycles. The summed E-state index contributed by atoms with van der Waals surface area (Å²) in [5.41, 5.74) is 1.15. The van der Waals surface area contributed by atoms with E-state index in [1.807, 2.05) is 28.4 Å². The molecule has 0 unspecified atom stereocenters. The number of hydrogen-bond acceptors (Lipinski definition) is 4. The van der Waals surface area contributed by atoms with E-state index >= 15 is 0 Å². The highest BCUT2D eigenvalue weighted by molar-refractivity contribution is 7.12. The number of hydrogen-bond donors (Lipinski definition) is 2. The molecule has 2 aromatic heterocycles. The molecule has 0 saturated heterocycles. The van der Waals surface area contributed by atoms with Gasteiger partial charge in [0.2, 0.25) is 0 Å². The lowest BCUT2D eigenvalue weighted by atomic mass is 10.1. The van der Waals surface area contributed by atoms with Crippen LogP contribution in [0.4, 0.5) is 0 Å². The summed E-state index contributed by atoms with van der Waals surface area (Å²) in [6.45, 7) is 8.47. The molecule has 5 nitrogen and oxygen atoms in total. The van der Waals surface area contributed by atoms with Crippen LogP contribution >= 0.6 is 11.3 Å². The molecule has 0 radical (unpaired) electrons. The SMILES string of the molecule is CC(C)(C)n1cc(CNCCNC(=O)c2cccs2)cn1. The van der Waals surface area contributed by atoms with Gasteiger partial charge in [0.25, 0.3) is 5.91 Å². The van der Waals surface area contributed by atoms with Crippen molar-refractivity contribution in [2.45, 2.75) is 32.9 Å². The van der Waals surface area contributed by atoms with E-state index in [9.17, 15) is 4.79 Å². The van der Waals surface area contributed by atoms with Gasteiger partial charge < -0.3 is 10.6 Å². The van der Waals surface area contributed by atoms with E-state index in [1.54, 1.807) is 0 Å². The molecule has 0 aliphatic carbocycles. The third-order valence-electron chi connectivity index (χ3n) is 2.98. The summed E-state index contributed by atoms with van der Waals surface area (Å²) in [4.78, 5) is 12.5. The third-order valence-corrected chi connectivity index (χ3v) is 3.85. The molecule has 2 N–H and O–H groups in total. The lowest BCUT2D eigenvalue weighted by molar-refractivity contribution is 0.0958. The monoisotopic (exact) mass is 306 g/mol. The Kier molecular flexibility index (Phi) is 5.14. The summed E-state index contributed by atoms with van der Waals surface area (Å²) in [7, 11) is 0. The summed E-state index contributed by atoms with van der Waals surface area (Å²) < 4.78 is 1.96. The fourth-order valence-electron chi connectivity index (χ4n) is 1.81. The predicted molar refractivity (Wildman–Crippen MR) is 85.6 cm³/mol. The molecule has 2 aromatic rings. The summed E-state index contributed by atoms with van der Waals surface area (Å²) in [5, 5.41) is 12.5. The van der Waals surface area contributed by atoms with Gasteiger partial charge in [-0.3, -0.25) is 9.48 Å². The van der Waals surface area contributed by atoms with E-state index in [4.69, 9.17) is 0 Å². The maximum absolute atomic E-state index is 11.7. The molecule has 0 aliphatic heterocycles. The second-order valence-electron chi connectivity index (χ2n) is 5.87. The molecular formula is C15H22N4OS. The van der Waals surface area contributed by atoms with Crippen molar-refractivity contribution in [3.63, 3.8) is 0 Å². The lowest BCUT2D eigenvalue weighted by Gasteiger charge is -2.18. The van der Waals surface area contributed by atoms with E-state index in [2.05, 4.69) is 42.7 Å². The van der Waals surface area contributed by atoms with Crippen molar-refractivity contribution in [1.82, 2.24) is 20.4 Å². The van der Waals surface area contributed by atoms with Crippen LogP contribution < -0.4 is 10.6 Å². The summed E-state index contributed by atoms with van der Waals surface area (Å²) in [5.74, 6) is -0.00708. The number of carbonyl (C=O) groups excluding carboxylic acids is 1. The number of thiophene rings is 1. The molecule has 6 heteroatoms. The molecule has 21 heavy (non-hydrogen) atoms. The summed E-state index contributed by atoms with van der Waals surface area (Å²) >= 11 is 1.45. The van der Waals surface area contributed by atoms with Crippen molar-refractivity contribution in [1.29, 1.82) is 0 Å². The van der Waals surface area contributed by atoms with Gasteiger partial charge in [0.15, 0.2) is 0 Å². The molecule has 0 atom stereocenters. The van der Waals surface area contributed by atoms with Crippen LogP contribution in [0.2, 0.25) is 0 Å². The van der Waals surface area contributed by atoms with E-state index < -0.39 is 0 Å². The molecule has 0 aliphatic rings. The molecule has 0 bridgehead atoms. The topological polar surface area (TPSA) is 59.0 Å². The van der Waals surface area contributed by atoms with Crippen LogP contribution in [-0.2, 0) is 12.1 Å². The van der Waals surface area contributed by atoms with Gasteiger partial charge in [0.1, 0.15) is 0 Å². The highest BCUT2D eigenvalue weighted by Crippen LogP contribution is 2.12. The van der Waals surface area contributed by atoms with Gasteiger partial charge >= 0.3 is 0 Å². The van der Waals surface area contributed by atoms with E-state index in [0.717, 1.165) is 23.5 Å². The minimum absolute atomic E-state index is 0.00688. The molecule has 2 heterocycles. The number of amides is 1. The molecule has 1 amide bonds. The van der Waals surface area contributed by atoms with Gasteiger partial charge in [-0.2, -0.15) is 5.10 Å². The highest BCUT2D eigenvalue weighted by atomic mass is 32.1. The molecule has 0 spiro atoms. The van der Waals surface area contributed by atoms with Gasteiger partial charge in [0, 0.05) is 31.4 Å². The van der Waals surface area contributed by atoms with Crippen molar-refractivity contribution in [2.24, 2.45) is 0 Å². The van der Waals surface area contributed by atoms with Gasteiger partial charge in [-0.1, -0.05) is 6.07 Å². The van der Waals surface area contributed by atoms with Crippen molar-refractivity contribution < 1.29 is 4.79 Å². The molecule has 0 fully saturated rings. The average Bonchev–Trinajstić information content (AvgIpc) is 3.08. The molecule has 114 valence electrons. The third kappa shape index (κ3) is 4.68. The maximum Gasteiger partial charge on any atom is 0.261 e. The number of rotatable bonds is 6. The standard InChI is InChI=1S/C15H22N4OS/c1-15(2,3)19-11-12(10-18-19)9-16-6-7-17-14(20)13-5-4-8-21-13/h4-5,8,10-11,16H,6-7,9H2,1-3H3,(H,17,20). The second-order valence-corrected chi connectivity index (χ2v) is 6.82. The van der Waals surface area contributed by atoms with Gasteiger partial charge in [-0.25, -0.2) is 0 Å². The van der Waals surface area contributed by atoms with Crippen LogP contribution in [0, 0.1) is 0 Å². The number of nitrogens with zero attached hydrogens (tertiary/aromatic N) is 2. The van der Waals surface area contributed by atoms with Gasteiger partial charge in [-0.15, -0.1) is 11.3 Å². The van der Waals surface area contributed by atoms with E-state index in [0.29, 0.717) is 6.54 Å². The Morgan fingerprint density at radius 3 is 2.81 bits per heavy atom. The minimum atomic E-state index is -0.00708. The second kappa shape index (κ2) is 6.87. The first-order valence-electron chi connectivity index (χ1n) is 7.03. The van der Waals surface area contributed by atoms with E-state index in [1.165, 1.54) is 11.3 Å². The fourth-order valence-corrected chi connectivity index (χ4v) is 2.45. The van der Waals surface area contributed by atoms with Crippen LogP contribution in [-0.4, -0.2) is 28.8 Å². The highest BCUT2D eigenvalue weighted by Gasteiger charge is 2.13. The average molecular weight is 306 g/mol. The number of aromatic nitrogens is 2. The summed E-state index contributed by atoms with van der Waals surface area (Å²) in [6.07, 6.45) is 3.93. The molecule has 0 saturated carbocycles. The first kappa shape index (κ1) is 15.7. The Hall–Kier alpha value is -1.66. The van der Waals surface area contributed by atoms with Crippen molar-refractivity contribution >= 4 is 17.2 Å². The Balaban J connectivity index is 1.66. The van der Waals surface area contributed by atoms with Crippen LogP contribution in [0.25, 0.3) is 0 Å². The Bertz CT molecular complexity index is 569. The van der Waals surface area contributed by atoms with Gasteiger partial charge in [0.05, 0.1) is 16.6 Å². The Labute approximate surface area is 129 Å². The largest absolute Gasteiger partial charge is 0.350 e. The smallest absolute Gasteiger partial charge is 0.261 e. The zero-order valence-electron chi connectivity index (χ0n) is 12.7. The Morgan fingerprint density at radius 1 is 1.38 bits per heavy atom. The predicted octanol–water partition coefficient (Wildman–Crippen LogP) is 2.22. The quantitative estimate of drug-likeness (QED) is 0.805. The Morgan fingerprint density at radius 2 is 2.19 bits per heavy atom.